The van der Waals surface area contributed by atoms with E-state index in [4.69, 9.17) is 0 Å². The molecular formula is C12H15BrN2O3. The number of nitrogens with one attached hydrogen (secondary N) is 1. The summed E-state index contributed by atoms with van der Waals surface area (Å²) in [4.78, 5) is 10.4. The van der Waals surface area contributed by atoms with Crippen molar-refractivity contribution in [3.8, 4) is 0 Å². The van der Waals surface area contributed by atoms with Crippen molar-refractivity contribution in [2.45, 2.75) is 31.8 Å². The van der Waals surface area contributed by atoms with Gasteiger partial charge in [0.1, 0.15) is 0 Å². The highest BCUT2D eigenvalue weighted by molar-refractivity contribution is 9.10. The quantitative estimate of drug-likeness (QED) is 0.661. The van der Waals surface area contributed by atoms with Gasteiger partial charge in [0.25, 0.3) is 5.69 Å². The zero-order valence-corrected chi connectivity index (χ0v) is 11.7. The molecule has 1 aliphatic rings. The van der Waals surface area contributed by atoms with E-state index in [2.05, 4.69) is 21.2 Å². The maximum absolute atomic E-state index is 10.8. The molecule has 98 valence electrons. The number of halogens is 1. The topological polar surface area (TPSA) is 75.4 Å². The van der Waals surface area contributed by atoms with Gasteiger partial charge in [0.05, 0.1) is 10.5 Å². The van der Waals surface area contributed by atoms with Crippen molar-refractivity contribution in [1.29, 1.82) is 0 Å². The van der Waals surface area contributed by atoms with E-state index < -0.39 is 10.5 Å². The van der Waals surface area contributed by atoms with Crippen molar-refractivity contribution in [2.75, 3.05) is 11.9 Å². The third kappa shape index (κ3) is 2.64. The van der Waals surface area contributed by atoms with E-state index in [9.17, 15) is 15.2 Å². The summed E-state index contributed by atoms with van der Waals surface area (Å²) in [5.74, 6) is 0. The van der Waals surface area contributed by atoms with E-state index >= 15 is 0 Å². The van der Waals surface area contributed by atoms with Crippen LogP contribution in [0.25, 0.3) is 0 Å². The molecule has 1 aromatic rings. The van der Waals surface area contributed by atoms with Crippen LogP contribution in [0.2, 0.25) is 0 Å². The number of benzene rings is 1. The Morgan fingerprint density at radius 3 is 2.72 bits per heavy atom. The van der Waals surface area contributed by atoms with Crippen LogP contribution in [0.1, 0.15) is 24.8 Å². The number of nitro groups is 1. The van der Waals surface area contributed by atoms with Crippen LogP contribution in [0.5, 0.6) is 0 Å². The Kier molecular flexibility index (Phi) is 3.59. The molecule has 0 radical (unpaired) electrons. The number of nitrogens with zero attached hydrogens (tertiary/aromatic N) is 1. The summed E-state index contributed by atoms with van der Waals surface area (Å²) >= 11 is 3.31. The van der Waals surface area contributed by atoms with Gasteiger partial charge in [-0.1, -0.05) is 0 Å². The molecule has 0 amide bonds. The molecule has 1 aliphatic carbocycles. The van der Waals surface area contributed by atoms with Crippen molar-refractivity contribution in [3.63, 3.8) is 0 Å². The van der Waals surface area contributed by atoms with Crippen molar-refractivity contribution < 1.29 is 10.0 Å². The summed E-state index contributed by atoms with van der Waals surface area (Å²) in [6.07, 6.45) is 2.67. The van der Waals surface area contributed by atoms with Crippen LogP contribution in [0.15, 0.2) is 16.6 Å². The van der Waals surface area contributed by atoms with Gasteiger partial charge >= 0.3 is 0 Å². The minimum atomic E-state index is -0.616. The summed E-state index contributed by atoms with van der Waals surface area (Å²) in [5, 5.41) is 23.9. The predicted molar refractivity (Wildman–Crippen MR) is 72.8 cm³/mol. The van der Waals surface area contributed by atoms with Crippen LogP contribution in [0.3, 0.4) is 0 Å². The zero-order chi connectivity index (χ0) is 13.3. The normalized spacial score (nSPS) is 17.1. The smallest absolute Gasteiger partial charge is 0.273 e. The van der Waals surface area contributed by atoms with E-state index in [1.165, 1.54) is 6.07 Å². The number of hydrogen-bond acceptors (Lipinski definition) is 4. The monoisotopic (exact) mass is 314 g/mol. The molecule has 1 saturated carbocycles. The van der Waals surface area contributed by atoms with E-state index in [0.717, 1.165) is 24.9 Å². The number of aliphatic hydroxyl groups is 1. The van der Waals surface area contributed by atoms with Crippen molar-refractivity contribution >= 4 is 27.3 Å². The maximum Gasteiger partial charge on any atom is 0.273 e. The molecule has 0 saturated heterocycles. The van der Waals surface area contributed by atoms with Crippen molar-refractivity contribution in [3.05, 3.63) is 32.3 Å². The second-order valence-electron chi connectivity index (χ2n) is 4.81. The molecule has 0 unspecified atom stereocenters. The molecule has 0 heterocycles. The first-order valence-electron chi connectivity index (χ1n) is 5.82. The third-order valence-electron chi connectivity index (χ3n) is 3.37. The molecule has 18 heavy (non-hydrogen) atoms. The maximum atomic E-state index is 10.8. The molecule has 0 atom stereocenters. The Morgan fingerprint density at radius 2 is 2.22 bits per heavy atom. The van der Waals surface area contributed by atoms with Crippen LogP contribution < -0.4 is 5.32 Å². The minimum Gasteiger partial charge on any atom is -0.388 e. The average Bonchev–Trinajstić information content (AvgIpc) is 2.27. The van der Waals surface area contributed by atoms with Crippen LogP contribution in [-0.4, -0.2) is 22.2 Å². The van der Waals surface area contributed by atoms with Crippen molar-refractivity contribution in [1.82, 2.24) is 0 Å². The summed E-state index contributed by atoms with van der Waals surface area (Å²) in [6, 6.07) is 3.22. The van der Waals surface area contributed by atoms with Gasteiger partial charge in [-0.2, -0.15) is 0 Å². The van der Waals surface area contributed by atoms with Gasteiger partial charge in [-0.25, -0.2) is 0 Å². The molecule has 0 aliphatic heterocycles. The van der Waals surface area contributed by atoms with Gasteiger partial charge in [-0.3, -0.25) is 10.1 Å². The van der Waals surface area contributed by atoms with E-state index in [0.29, 0.717) is 16.6 Å². The van der Waals surface area contributed by atoms with Crippen molar-refractivity contribution in [2.24, 2.45) is 0 Å². The second-order valence-corrected chi connectivity index (χ2v) is 5.66. The highest BCUT2D eigenvalue weighted by atomic mass is 79.9. The standard InChI is InChI=1S/C12H15BrN2O3/c1-8-5-10(9(13)6-11(8)15(17)18)14-7-12(16)3-2-4-12/h5-6,14,16H,2-4,7H2,1H3. The lowest BCUT2D eigenvalue weighted by Gasteiger charge is -2.37. The van der Waals surface area contributed by atoms with Gasteiger partial charge < -0.3 is 10.4 Å². The Balaban J connectivity index is 2.13. The predicted octanol–water partition coefficient (Wildman–Crippen LogP) is 2.99. The number of hydrogen-bond donors (Lipinski definition) is 2. The Bertz CT molecular complexity index is 486. The summed E-state index contributed by atoms with van der Waals surface area (Å²) in [5.41, 5.74) is 0.856. The number of nitro benzene ring substituents is 1. The summed E-state index contributed by atoms with van der Waals surface area (Å²) in [7, 11) is 0. The first-order valence-corrected chi connectivity index (χ1v) is 6.61. The third-order valence-corrected chi connectivity index (χ3v) is 4.03. The first kappa shape index (κ1) is 13.3. The molecular weight excluding hydrogens is 300 g/mol. The molecule has 2 N–H and O–H groups in total. The SMILES string of the molecule is Cc1cc(NCC2(O)CCC2)c(Br)cc1[N+](=O)[O-]. The van der Waals surface area contributed by atoms with Crippen LogP contribution in [-0.2, 0) is 0 Å². The number of anilines is 1. The fourth-order valence-corrected chi connectivity index (χ4v) is 2.50. The number of aryl methyl sites for hydroxylation is 1. The largest absolute Gasteiger partial charge is 0.388 e. The molecule has 1 fully saturated rings. The fourth-order valence-electron chi connectivity index (χ4n) is 2.02. The van der Waals surface area contributed by atoms with E-state index in [-0.39, 0.29) is 5.69 Å². The molecule has 6 heteroatoms. The first-order chi connectivity index (χ1) is 8.41. The van der Waals surface area contributed by atoms with E-state index in [1.54, 1.807) is 13.0 Å². The number of rotatable bonds is 4. The van der Waals surface area contributed by atoms with Gasteiger partial charge in [-0.05, 0) is 48.2 Å². The van der Waals surface area contributed by atoms with E-state index in [1.807, 2.05) is 0 Å². The highest BCUT2D eigenvalue weighted by Gasteiger charge is 2.34. The highest BCUT2D eigenvalue weighted by Crippen LogP contribution is 2.34. The Morgan fingerprint density at radius 1 is 1.56 bits per heavy atom. The molecule has 1 aromatic carbocycles. The van der Waals surface area contributed by atoms with Crippen LogP contribution >= 0.6 is 15.9 Å². The van der Waals surface area contributed by atoms with Gasteiger partial charge in [-0.15, -0.1) is 0 Å². The molecule has 5 nitrogen and oxygen atoms in total. The molecule has 0 bridgehead atoms. The van der Waals surface area contributed by atoms with Gasteiger partial charge in [0, 0.05) is 28.3 Å². The second kappa shape index (κ2) is 4.85. The molecule has 0 spiro atoms. The Hall–Kier alpha value is -1.14. The van der Waals surface area contributed by atoms with Gasteiger partial charge in [0.15, 0.2) is 0 Å². The Labute approximate surface area is 113 Å². The van der Waals surface area contributed by atoms with Crippen LogP contribution in [0, 0.1) is 17.0 Å². The zero-order valence-electron chi connectivity index (χ0n) is 10.1. The minimum absolute atomic E-state index is 0.0924. The lowest BCUT2D eigenvalue weighted by molar-refractivity contribution is -0.385. The lowest BCUT2D eigenvalue weighted by atomic mass is 9.80. The fraction of sp³-hybridized carbons (Fsp3) is 0.500. The summed E-state index contributed by atoms with van der Waals surface area (Å²) < 4.78 is 0.641. The van der Waals surface area contributed by atoms with Gasteiger partial charge in [0.2, 0.25) is 0 Å². The average molecular weight is 315 g/mol. The van der Waals surface area contributed by atoms with Crippen LogP contribution in [0.4, 0.5) is 11.4 Å². The lowest BCUT2D eigenvalue weighted by Crippen LogP contribution is -2.43. The molecule has 0 aromatic heterocycles. The summed E-state index contributed by atoms with van der Waals surface area (Å²) in [6.45, 7) is 2.18. The molecule has 2 rings (SSSR count).